The Labute approximate surface area is 127 Å². The summed E-state index contributed by atoms with van der Waals surface area (Å²) >= 11 is 0. The van der Waals surface area contributed by atoms with E-state index in [1.165, 1.54) is 0 Å². The van der Waals surface area contributed by atoms with Gasteiger partial charge in [-0.05, 0) is 30.5 Å². The molecule has 0 spiro atoms. The van der Waals surface area contributed by atoms with Crippen LogP contribution in [0.2, 0.25) is 0 Å². The summed E-state index contributed by atoms with van der Waals surface area (Å²) in [4.78, 5) is 20.1. The summed E-state index contributed by atoms with van der Waals surface area (Å²) in [5.74, 6) is 0.246. The van der Waals surface area contributed by atoms with Crippen LogP contribution in [0.25, 0.3) is 10.8 Å². The highest BCUT2D eigenvalue weighted by Gasteiger charge is 2.14. The standard InChI is InChI=1S/C17H14N2O3/c1-2-21-16(20)14-8-9-15(13-7-4-3-6-12(13)14)22-17-18-10-5-11-19-17/h3-11H,2H2,1H3. The number of benzene rings is 2. The highest BCUT2D eigenvalue weighted by Crippen LogP contribution is 2.31. The van der Waals surface area contributed by atoms with E-state index < -0.39 is 0 Å². The summed E-state index contributed by atoms with van der Waals surface area (Å²) in [7, 11) is 0. The first-order valence-corrected chi connectivity index (χ1v) is 6.93. The molecule has 3 rings (SSSR count). The molecule has 0 radical (unpaired) electrons. The quantitative estimate of drug-likeness (QED) is 0.688. The molecule has 110 valence electrons. The number of carbonyl (C=O) groups excluding carboxylic acids is 1. The van der Waals surface area contributed by atoms with Gasteiger partial charge in [-0.2, -0.15) is 0 Å². The van der Waals surface area contributed by atoms with Gasteiger partial charge in [-0.3, -0.25) is 0 Å². The lowest BCUT2D eigenvalue weighted by Crippen LogP contribution is -2.05. The maximum Gasteiger partial charge on any atom is 0.338 e. The monoisotopic (exact) mass is 294 g/mol. The molecule has 0 amide bonds. The van der Waals surface area contributed by atoms with E-state index in [0.29, 0.717) is 17.9 Å². The first kappa shape index (κ1) is 14.0. The number of aromatic nitrogens is 2. The normalized spacial score (nSPS) is 10.4. The summed E-state index contributed by atoms with van der Waals surface area (Å²) in [6, 6.07) is 12.9. The lowest BCUT2D eigenvalue weighted by Gasteiger charge is -2.10. The van der Waals surface area contributed by atoms with Gasteiger partial charge in [0.15, 0.2) is 0 Å². The van der Waals surface area contributed by atoms with E-state index in [2.05, 4.69) is 9.97 Å². The maximum atomic E-state index is 12.0. The molecule has 0 atom stereocenters. The lowest BCUT2D eigenvalue weighted by molar-refractivity contribution is 0.0528. The smallest absolute Gasteiger partial charge is 0.338 e. The average molecular weight is 294 g/mol. The second-order valence-electron chi connectivity index (χ2n) is 4.51. The summed E-state index contributed by atoms with van der Waals surface area (Å²) in [6.45, 7) is 2.12. The zero-order valence-corrected chi connectivity index (χ0v) is 12.0. The van der Waals surface area contributed by atoms with Gasteiger partial charge in [0, 0.05) is 17.8 Å². The molecule has 1 aromatic heterocycles. The number of esters is 1. The molecule has 3 aromatic rings. The molecule has 0 fully saturated rings. The third-order valence-corrected chi connectivity index (χ3v) is 3.12. The summed E-state index contributed by atoms with van der Waals surface area (Å²) in [6.07, 6.45) is 3.22. The van der Waals surface area contributed by atoms with Crippen LogP contribution in [0, 0.1) is 0 Å². The molecule has 0 N–H and O–H groups in total. The van der Waals surface area contributed by atoms with Crippen molar-refractivity contribution in [2.45, 2.75) is 6.92 Å². The van der Waals surface area contributed by atoms with Crippen LogP contribution in [-0.4, -0.2) is 22.5 Å². The van der Waals surface area contributed by atoms with E-state index in [4.69, 9.17) is 9.47 Å². The highest BCUT2D eigenvalue weighted by atomic mass is 16.5. The van der Waals surface area contributed by atoms with Crippen LogP contribution in [0.5, 0.6) is 11.8 Å². The van der Waals surface area contributed by atoms with Gasteiger partial charge in [-0.25, -0.2) is 14.8 Å². The van der Waals surface area contributed by atoms with E-state index in [9.17, 15) is 4.79 Å². The van der Waals surface area contributed by atoms with Crippen molar-refractivity contribution in [2.24, 2.45) is 0 Å². The molecule has 0 unspecified atom stereocenters. The summed E-state index contributed by atoms with van der Waals surface area (Å²) in [5.41, 5.74) is 0.513. The number of hydrogen-bond acceptors (Lipinski definition) is 5. The molecular weight excluding hydrogens is 280 g/mol. The Morgan fingerprint density at radius 1 is 1.00 bits per heavy atom. The fraction of sp³-hybridized carbons (Fsp3) is 0.118. The third kappa shape index (κ3) is 2.74. The molecule has 1 heterocycles. The maximum absolute atomic E-state index is 12.0. The topological polar surface area (TPSA) is 61.3 Å². The second-order valence-corrected chi connectivity index (χ2v) is 4.51. The van der Waals surface area contributed by atoms with E-state index in [0.717, 1.165) is 10.8 Å². The van der Waals surface area contributed by atoms with Crippen molar-refractivity contribution in [3.63, 3.8) is 0 Å². The Kier molecular flexibility index (Phi) is 3.96. The molecule has 5 heteroatoms. The predicted molar refractivity (Wildman–Crippen MR) is 82.0 cm³/mol. The zero-order valence-electron chi connectivity index (χ0n) is 12.0. The number of nitrogens with zero attached hydrogens (tertiary/aromatic N) is 2. The Bertz CT molecular complexity index is 803. The van der Waals surface area contributed by atoms with Crippen molar-refractivity contribution in [2.75, 3.05) is 6.61 Å². The molecule has 0 aliphatic rings. The van der Waals surface area contributed by atoms with Crippen molar-refractivity contribution in [1.29, 1.82) is 0 Å². The molecule has 22 heavy (non-hydrogen) atoms. The average Bonchev–Trinajstić information content (AvgIpc) is 2.56. The highest BCUT2D eigenvalue weighted by molar-refractivity contribution is 6.06. The Morgan fingerprint density at radius 3 is 2.45 bits per heavy atom. The van der Waals surface area contributed by atoms with Crippen molar-refractivity contribution >= 4 is 16.7 Å². The summed E-state index contributed by atoms with van der Waals surface area (Å²) < 4.78 is 10.8. The van der Waals surface area contributed by atoms with Gasteiger partial charge in [0.05, 0.1) is 12.2 Å². The first-order chi connectivity index (χ1) is 10.8. The van der Waals surface area contributed by atoms with E-state index in [-0.39, 0.29) is 12.0 Å². The molecule has 0 saturated heterocycles. The molecule has 0 saturated carbocycles. The van der Waals surface area contributed by atoms with Crippen LogP contribution in [0.1, 0.15) is 17.3 Å². The van der Waals surface area contributed by atoms with E-state index >= 15 is 0 Å². The lowest BCUT2D eigenvalue weighted by atomic mass is 10.0. The van der Waals surface area contributed by atoms with Gasteiger partial charge in [-0.1, -0.05) is 24.3 Å². The molecule has 0 bridgehead atoms. The fourth-order valence-corrected chi connectivity index (χ4v) is 2.18. The number of rotatable bonds is 4. The summed E-state index contributed by atoms with van der Waals surface area (Å²) in [5, 5.41) is 1.58. The van der Waals surface area contributed by atoms with Gasteiger partial charge in [0.1, 0.15) is 5.75 Å². The number of ether oxygens (including phenoxy) is 2. The molecule has 5 nitrogen and oxygen atoms in total. The van der Waals surface area contributed by atoms with Crippen LogP contribution in [0.3, 0.4) is 0 Å². The van der Waals surface area contributed by atoms with E-state index in [1.54, 1.807) is 37.5 Å². The largest absolute Gasteiger partial charge is 0.462 e. The molecule has 0 aliphatic carbocycles. The Hall–Kier alpha value is -2.95. The van der Waals surface area contributed by atoms with Gasteiger partial charge < -0.3 is 9.47 Å². The van der Waals surface area contributed by atoms with Crippen molar-refractivity contribution in [1.82, 2.24) is 9.97 Å². The molecule has 0 aliphatic heterocycles. The minimum Gasteiger partial charge on any atom is -0.462 e. The Balaban J connectivity index is 2.06. The van der Waals surface area contributed by atoms with Gasteiger partial charge in [0.25, 0.3) is 0 Å². The van der Waals surface area contributed by atoms with Gasteiger partial charge in [0.2, 0.25) is 0 Å². The van der Waals surface area contributed by atoms with Crippen LogP contribution < -0.4 is 4.74 Å². The fourth-order valence-electron chi connectivity index (χ4n) is 2.18. The van der Waals surface area contributed by atoms with Crippen molar-refractivity contribution in [3.8, 4) is 11.8 Å². The third-order valence-electron chi connectivity index (χ3n) is 3.12. The first-order valence-electron chi connectivity index (χ1n) is 6.93. The van der Waals surface area contributed by atoms with Gasteiger partial charge in [-0.15, -0.1) is 0 Å². The second kappa shape index (κ2) is 6.22. The molecular formula is C17H14N2O3. The minimum atomic E-state index is -0.346. The Morgan fingerprint density at radius 2 is 1.73 bits per heavy atom. The van der Waals surface area contributed by atoms with Crippen molar-refractivity contribution < 1.29 is 14.3 Å². The van der Waals surface area contributed by atoms with Crippen molar-refractivity contribution in [3.05, 3.63) is 60.4 Å². The minimum absolute atomic E-state index is 0.261. The van der Waals surface area contributed by atoms with E-state index in [1.807, 2.05) is 24.3 Å². The SMILES string of the molecule is CCOC(=O)c1ccc(Oc2ncccn2)c2ccccc12. The van der Waals surface area contributed by atoms with Crippen LogP contribution in [0.4, 0.5) is 0 Å². The van der Waals surface area contributed by atoms with Gasteiger partial charge >= 0.3 is 12.0 Å². The predicted octanol–water partition coefficient (Wildman–Crippen LogP) is 3.60. The molecule has 2 aromatic carbocycles. The van der Waals surface area contributed by atoms with Crippen LogP contribution in [-0.2, 0) is 4.74 Å². The van der Waals surface area contributed by atoms with Crippen LogP contribution >= 0.6 is 0 Å². The van der Waals surface area contributed by atoms with Crippen LogP contribution in [0.15, 0.2) is 54.9 Å². The number of carbonyl (C=O) groups is 1. The number of hydrogen-bond donors (Lipinski definition) is 0. The number of fused-ring (bicyclic) bond motifs is 1. The zero-order chi connectivity index (χ0) is 15.4.